The van der Waals surface area contributed by atoms with Crippen LogP contribution in [0.1, 0.15) is 58.1 Å². The van der Waals surface area contributed by atoms with E-state index in [4.69, 9.17) is 13.6 Å². The van der Waals surface area contributed by atoms with E-state index >= 15 is 4.39 Å². The molecular formula is C28H44FN3O6Si2. The van der Waals surface area contributed by atoms with Crippen molar-refractivity contribution in [1.82, 2.24) is 9.55 Å². The molecule has 1 aliphatic rings. The average molecular weight is 594 g/mol. The highest BCUT2D eigenvalue weighted by atomic mass is 28.4. The molecule has 222 valence electrons. The Morgan fingerprint density at radius 3 is 2.20 bits per heavy atom. The molecule has 1 amide bonds. The third-order valence-electron chi connectivity index (χ3n) is 8.41. The molecule has 0 unspecified atom stereocenters. The molecule has 12 heteroatoms. The standard InChI is InChI=1S/C28H44FN3O6Si2/c1-27(2,3)39(7,8)36-17-20-21(33)22(38-40(9,10)28(4,5)6)25(37-20)32-16-19(29)23(31-26(32)35)30-24(34)18-14-12-11-13-15-18/h11-16,20-22,25,33H,17H2,1-10H3,(H,30,31,34,35)/t20-,21-,22-,25-/m1/s1. The van der Waals surface area contributed by atoms with Gasteiger partial charge in [-0.1, -0.05) is 59.7 Å². The van der Waals surface area contributed by atoms with Crippen molar-refractivity contribution in [3.8, 4) is 0 Å². The second-order valence-corrected chi connectivity index (χ2v) is 23.0. The smallest absolute Gasteiger partial charge is 0.351 e. The molecule has 0 aliphatic carbocycles. The molecule has 1 fully saturated rings. The van der Waals surface area contributed by atoms with Gasteiger partial charge in [0.15, 0.2) is 34.5 Å². The zero-order chi connectivity index (χ0) is 30.3. The van der Waals surface area contributed by atoms with Crippen molar-refractivity contribution in [3.63, 3.8) is 0 Å². The molecule has 0 spiro atoms. The Labute approximate surface area is 238 Å². The maximum absolute atomic E-state index is 15.2. The van der Waals surface area contributed by atoms with E-state index in [0.717, 1.165) is 10.8 Å². The minimum absolute atomic E-state index is 0.0585. The van der Waals surface area contributed by atoms with Crippen LogP contribution in [0.3, 0.4) is 0 Å². The first-order valence-electron chi connectivity index (χ1n) is 13.6. The number of aliphatic hydroxyl groups excluding tert-OH is 1. The summed E-state index contributed by atoms with van der Waals surface area (Å²) in [4.78, 5) is 29.5. The molecule has 1 aliphatic heterocycles. The number of carbonyl (C=O) groups excluding carboxylic acids is 1. The summed E-state index contributed by atoms with van der Waals surface area (Å²) in [6.07, 6.45) is -3.10. The lowest BCUT2D eigenvalue weighted by Gasteiger charge is -2.40. The molecule has 2 aromatic rings. The predicted molar refractivity (Wildman–Crippen MR) is 158 cm³/mol. The number of aromatic nitrogens is 2. The molecular weight excluding hydrogens is 549 g/mol. The average Bonchev–Trinajstić information content (AvgIpc) is 3.13. The van der Waals surface area contributed by atoms with Gasteiger partial charge in [-0.2, -0.15) is 4.98 Å². The topological polar surface area (TPSA) is 112 Å². The van der Waals surface area contributed by atoms with Crippen molar-refractivity contribution in [2.45, 2.75) is 102 Å². The minimum Gasteiger partial charge on any atom is -0.414 e. The van der Waals surface area contributed by atoms with Gasteiger partial charge in [-0.25, -0.2) is 9.18 Å². The van der Waals surface area contributed by atoms with E-state index in [1.54, 1.807) is 30.3 Å². The van der Waals surface area contributed by atoms with Crippen molar-refractivity contribution >= 4 is 28.4 Å². The number of aliphatic hydroxyl groups is 1. The van der Waals surface area contributed by atoms with Crippen LogP contribution in [0.5, 0.6) is 0 Å². The Morgan fingerprint density at radius 2 is 1.65 bits per heavy atom. The first kappa shape index (κ1) is 32.3. The number of benzene rings is 1. The van der Waals surface area contributed by atoms with Gasteiger partial charge in [-0.3, -0.25) is 9.36 Å². The van der Waals surface area contributed by atoms with Crippen LogP contribution >= 0.6 is 0 Å². The normalized spacial score (nSPS) is 22.4. The molecule has 9 nitrogen and oxygen atoms in total. The Balaban J connectivity index is 1.94. The van der Waals surface area contributed by atoms with Crippen molar-refractivity contribution < 1.29 is 27.9 Å². The summed E-state index contributed by atoms with van der Waals surface area (Å²) in [7, 11) is -4.64. The number of hydrogen-bond donors (Lipinski definition) is 2. The SMILES string of the molecule is CC(C)(C)[Si](C)(C)OC[C@H]1O[C@@H](n2cc(F)c(NC(=O)c3ccccc3)nc2=O)[C@H](O[Si](C)(C)C(C)(C)C)[C@@H]1O. The zero-order valence-corrected chi connectivity index (χ0v) is 27.2. The third-order valence-corrected chi connectivity index (χ3v) is 17.4. The van der Waals surface area contributed by atoms with Crippen molar-refractivity contribution in [1.29, 1.82) is 0 Å². The van der Waals surface area contributed by atoms with E-state index in [0.29, 0.717) is 5.56 Å². The van der Waals surface area contributed by atoms with Gasteiger partial charge < -0.3 is 24.0 Å². The van der Waals surface area contributed by atoms with Gasteiger partial charge in [0.05, 0.1) is 12.8 Å². The number of amides is 1. The number of rotatable bonds is 8. The fraction of sp³-hybridized carbons (Fsp3) is 0.607. The lowest BCUT2D eigenvalue weighted by atomic mass is 10.1. The van der Waals surface area contributed by atoms with Crippen LogP contribution in [0, 0.1) is 5.82 Å². The number of carbonyl (C=O) groups is 1. The second-order valence-electron chi connectivity index (χ2n) is 13.4. The van der Waals surface area contributed by atoms with Crippen molar-refractivity contribution in [2.24, 2.45) is 0 Å². The molecule has 1 aromatic heterocycles. The Bertz CT molecular complexity index is 1260. The summed E-state index contributed by atoms with van der Waals surface area (Å²) in [5, 5.41) is 13.5. The van der Waals surface area contributed by atoms with E-state index in [1.165, 1.54) is 0 Å². The van der Waals surface area contributed by atoms with Crippen LogP contribution in [0.2, 0.25) is 36.3 Å². The van der Waals surface area contributed by atoms with Crippen LogP contribution in [0.4, 0.5) is 10.2 Å². The number of halogens is 1. The van der Waals surface area contributed by atoms with Gasteiger partial charge >= 0.3 is 5.69 Å². The number of ether oxygens (including phenoxy) is 1. The predicted octanol–water partition coefficient (Wildman–Crippen LogP) is 5.31. The fourth-order valence-corrected chi connectivity index (χ4v) is 6.02. The molecule has 0 saturated carbocycles. The zero-order valence-electron chi connectivity index (χ0n) is 25.2. The first-order valence-corrected chi connectivity index (χ1v) is 19.4. The molecule has 2 N–H and O–H groups in total. The highest BCUT2D eigenvalue weighted by molar-refractivity contribution is 6.74. The van der Waals surface area contributed by atoms with Crippen LogP contribution in [0.15, 0.2) is 41.3 Å². The molecule has 2 heterocycles. The summed E-state index contributed by atoms with van der Waals surface area (Å²) >= 11 is 0. The molecule has 40 heavy (non-hydrogen) atoms. The Kier molecular flexibility index (Phi) is 9.34. The highest BCUT2D eigenvalue weighted by Crippen LogP contribution is 2.42. The van der Waals surface area contributed by atoms with Crippen LogP contribution in [-0.4, -0.2) is 62.1 Å². The summed E-state index contributed by atoms with van der Waals surface area (Å²) in [5.41, 5.74) is -0.556. The summed E-state index contributed by atoms with van der Waals surface area (Å²) in [6.45, 7) is 20.9. The van der Waals surface area contributed by atoms with Gasteiger partial charge in [0.2, 0.25) is 0 Å². The quantitative estimate of drug-likeness (QED) is 0.399. The summed E-state index contributed by atoms with van der Waals surface area (Å²) < 4.78 is 35.3. The number of anilines is 1. The van der Waals surface area contributed by atoms with Gasteiger partial charge in [-0.05, 0) is 48.4 Å². The molecule has 3 rings (SSSR count). The van der Waals surface area contributed by atoms with Crippen LogP contribution < -0.4 is 11.0 Å². The number of hydrogen-bond acceptors (Lipinski definition) is 7. The number of nitrogens with zero attached hydrogens (tertiary/aromatic N) is 2. The Hall–Kier alpha value is -2.23. The Morgan fingerprint density at radius 1 is 1.07 bits per heavy atom. The van der Waals surface area contributed by atoms with E-state index < -0.39 is 64.4 Å². The maximum Gasteiger partial charge on any atom is 0.351 e. The van der Waals surface area contributed by atoms with E-state index in [-0.39, 0.29) is 16.7 Å². The fourth-order valence-electron chi connectivity index (χ4n) is 3.72. The van der Waals surface area contributed by atoms with Gasteiger partial charge in [0, 0.05) is 5.56 Å². The van der Waals surface area contributed by atoms with Crippen molar-refractivity contribution in [3.05, 3.63) is 58.4 Å². The monoisotopic (exact) mass is 593 g/mol. The van der Waals surface area contributed by atoms with Crippen LogP contribution in [-0.2, 0) is 13.6 Å². The van der Waals surface area contributed by atoms with E-state index in [9.17, 15) is 14.7 Å². The van der Waals surface area contributed by atoms with Crippen LogP contribution in [0.25, 0.3) is 0 Å². The molecule has 0 radical (unpaired) electrons. The first-order chi connectivity index (χ1) is 18.2. The molecule has 1 saturated heterocycles. The second kappa shape index (κ2) is 11.6. The van der Waals surface area contributed by atoms with E-state index in [1.807, 2.05) is 13.1 Å². The van der Waals surface area contributed by atoms with Gasteiger partial charge in [-0.15, -0.1) is 0 Å². The van der Waals surface area contributed by atoms with Gasteiger partial charge in [0.25, 0.3) is 5.91 Å². The summed E-state index contributed by atoms with van der Waals surface area (Å²) in [5.74, 6) is -2.01. The number of nitrogens with one attached hydrogen (secondary N) is 1. The highest BCUT2D eigenvalue weighted by Gasteiger charge is 2.51. The lowest BCUT2D eigenvalue weighted by Crippen LogP contribution is -2.50. The molecule has 0 bridgehead atoms. The van der Waals surface area contributed by atoms with E-state index in [2.05, 4.69) is 64.9 Å². The minimum atomic E-state index is -2.47. The molecule has 1 aromatic carbocycles. The molecule has 4 atom stereocenters. The summed E-state index contributed by atoms with van der Waals surface area (Å²) in [6, 6.07) is 8.23. The van der Waals surface area contributed by atoms with Gasteiger partial charge in [0.1, 0.15) is 18.3 Å². The van der Waals surface area contributed by atoms with Crippen molar-refractivity contribution in [2.75, 3.05) is 11.9 Å². The lowest BCUT2D eigenvalue weighted by molar-refractivity contribution is -0.0517. The largest absolute Gasteiger partial charge is 0.414 e. The third kappa shape index (κ3) is 6.97. The maximum atomic E-state index is 15.2.